The number of aromatic nitrogens is 2. The average molecular weight is 390 g/mol. The number of carbonyl (C=O) groups excluding carboxylic acids is 1. The highest BCUT2D eigenvalue weighted by Crippen LogP contribution is 2.40. The first-order valence-electron chi connectivity index (χ1n) is 8.06. The molecule has 0 bridgehead atoms. The molecular weight excluding hydrogens is 374 g/mol. The molecule has 1 amide bonds. The molecule has 0 atom stereocenters. The number of fused-ring (bicyclic) bond motifs is 3. The first-order chi connectivity index (χ1) is 12.1. The van der Waals surface area contributed by atoms with Crippen molar-refractivity contribution >= 4 is 56.5 Å². The zero-order valence-electron chi connectivity index (χ0n) is 13.6. The number of nitrogens with one attached hydrogen (secondary N) is 1. The number of aryl methyl sites for hydroxylation is 3. The van der Waals surface area contributed by atoms with Gasteiger partial charge in [-0.25, -0.2) is 9.97 Å². The molecule has 7 heteroatoms. The molecule has 0 fully saturated rings. The molecule has 1 aliphatic rings. The highest BCUT2D eigenvalue weighted by atomic mass is 35.5. The lowest BCUT2D eigenvalue weighted by molar-refractivity contribution is -0.113. The van der Waals surface area contributed by atoms with Crippen LogP contribution in [0.3, 0.4) is 0 Å². The standard InChI is InChI=1S/C18H16ClN3OS2/c1-10-7-11(19)5-6-13(10)22-15(23)8-24-17-16-12-3-2-4-14(12)25-18(16)21-9-20-17/h5-7,9H,2-4,8H2,1H3,(H,22,23). The van der Waals surface area contributed by atoms with Crippen molar-refractivity contribution in [1.82, 2.24) is 9.97 Å². The van der Waals surface area contributed by atoms with E-state index in [9.17, 15) is 4.79 Å². The Bertz CT molecular complexity index is 970. The summed E-state index contributed by atoms with van der Waals surface area (Å²) in [4.78, 5) is 23.6. The molecule has 0 unspecified atom stereocenters. The number of thioether (sulfide) groups is 1. The largest absolute Gasteiger partial charge is 0.325 e. The number of carbonyl (C=O) groups is 1. The van der Waals surface area contributed by atoms with E-state index in [1.807, 2.05) is 19.1 Å². The van der Waals surface area contributed by atoms with Gasteiger partial charge in [-0.1, -0.05) is 23.4 Å². The second-order valence-electron chi connectivity index (χ2n) is 6.01. The van der Waals surface area contributed by atoms with Crippen molar-refractivity contribution in [3.8, 4) is 0 Å². The van der Waals surface area contributed by atoms with Crippen molar-refractivity contribution in [3.63, 3.8) is 0 Å². The van der Waals surface area contributed by atoms with Crippen LogP contribution < -0.4 is 5.32 Å². The third-order valence-electron chi connectivity index (χ3n) is 4.27. The first-order valence-corrected chi connectivity index (χ1v) is 10.2. The molecule has 1 aliphatic carbocycles. The number of thiophene rings is 1. The minimum absolute atomic E-state index is 0.0472. The summed E-state index contributed by atoms with van der Waals surface area (Å²) < 4.78 is 0. The molecule has 0 radical (unpaired) electrons. The van der Waals surface area contributed by atoms with Gasteiger partial charge in [-0.3, -0.25) is 4.79 Å². The topological polar surface area (TPSA) is 54.9 Å². The van der Waals surface area contributed by atoms with Crippen LogP contribution in [0.5, 0.6) is 0 Å². The molecule has 4 rings (SSSR count). The SMILES string of the molecule is Cc1cc(Cl)ccc1NC(=O)CSc1ncnc2sc3c(c12)CCC3. The van der Waals surface area contributed by atoms with Crippen molar-refractivity contribution in [2.45, 2.75) is 31.2 Å². The Morgan fingerprint density at radius 2 is 2.24 bits per heavy atom. The van der Waals surface area contributed by atoms with Crippen LogP contribution in [0.1, 0.15) is 22.4 Å². The van der Waals surface area contributed by atoms with Crippen LogP contribution in [0.15, 0.2) is 29.6 Å². The van der Waals surface area contributed by atoms with E-state index in [0.29, 0.717) is 10.8 Å². The number of benzene rings is 1. The molecular formula is C18H16ClN3OS2. The second-order valence-corrected chi connectivity index (χ2v) is 8.50. The number of hydrogen-bond acceptors (Lipinski definition) is 5. The van der Waals surface area contributed by atoms with Crippen LogP contribution >= 0.6 is 34.7 Å². The fourth-order valence-corrected chi connectivity index (χ4v) is 5.44. The van der Waals surface area contributed by atoms with Gasteiger partial charge in [0.05, 0.1) is 5.75 Å². The Morgan fingerprint density at radius 1 is 1.36 bits per heavy atom. The molecule has 0 saturated heterocycles. The Labute approximate surface area is 159 Å². The summed E-state index contributed by atoms with van der Waals surface area (Å²) in [5.74, 6) is 0.271. The minimum Gasteiger partial charge on any atom is -0.325 e. The number of nitrogens with zero attached hydrogens (tertiary/aromatic N) is 2. The Hall–Kier alpha value is -1.63. The van der Waals surface area contributed by atoms with Crippen LogP contribution in [0.25, 0.3) is 10.2 Å². The molecule has 1 aromatic carbocycles. The van der Waals surface area contributed by atoms with E-state index in [1.54, 1.807) is 23.7 Å². The molecule has 128 valence electrons. The highest BCUT2D eigenvalue weighted by molar-refractivity contribution is 8.00. The molecule has 3 aromatic rings. The van der Waals surface area contributed by atoms with Crippen LogP contribution in [0.2, 0.25) is 5.02 Å². The minimum atomic E-state index is -0.0472. The van der Waals surface area contributed by atoms with E-state index >= 15 is 0 Å². The number of anilines is 1. The van der Waals surface area contributed by atoms with Gasteiger partial charge in [-0.15, -0.1) is 11.3 Å². The molecule has 0 saturated carbocycles. The lowest BCUT2D eigenvalue weighted by atomic mass is 10.2. The fraction of sp³-hybridized carbons (Fsp3) is 0.278. The van der Waals surface area contributed by atoms with Gasteiger partial charge >= 0.3 is 0 Å². The summed E-state index contributed by atoms with van der Waals surface area (Å²) in [6.07, 6.45) is 5.02. The van der Waals surface area contributed by atoms with Gasteiger partial charge in [-0.2, -0.15) is 0 Å². The van der Waals surface area contributed by atoms with Crippen molar-refractivity contribution in [3.05, 3.63) is 45.6 Å². The zero-order chi connectivity index (χ0) is 17.4. The maximum atomic E-state index is 12.3. The van der Waals surface area contributed by atoms with Crippen molar-refractivity contribution in [1.29, 1.82) is 0 Å². The predicted octanol–water partition coefficient (Wildman–Crippen LogP) is 4.87. The molecule has 2 aromatic heterocycles. The van der Waals surface area contributed by atoms with Gasteiger partial charge < -0.3 is 5.32 Å². The summed E-state index contributed by atoms with van der Waals surface area (Å²) >= 11 is 9.19. The number of halogens is 1. The van der Waals surface area contributed by atoms with Gasteiger partial charge in [0, 0.05) is 21.0 Å². The van der Waals surface area contributed by atoms with Gasteiger partial charge in [-0.05, 0) is 55.5 Å². The van der Waals surface area contributed by atoms with Gasteiger partial charge in [0.2, 0.25) is 5.91 Å². The van der Waals surface area contributed by atoms with Crippen LogP contribution in [0.4, 0.5) is 5.69 Å². The summed E-state index contributed by atoms with van der Waals surface area (Å²) in [6, 6.07) is 5.45. The smallest absolute Gasteiger partial charge is 0.234 e. The zero-order valence-corrected chi connectivity index (χ0v) is 16.0. The van der Waals surface area contributed by atoms with Crippen molar-refractivity contribution < 1.29 is 4.79 Å². The number of amides is 1. The quantitative estimate of drug-likeness (QED) is 0.510. The summed E-state index contributed by atoms with van der Waals surface area (Å²) in [5, 5.41) is 5.67. The monoisotopic (exact) mass is 389 g/mol. The van der Waals surface area contributed by atoms with E-state index in [0.717, 1.165) is 39.3 Å². The maximum absolute atomic E-state index is 12.3. The predicted molar refractivity (Wildman–Crippen MR) is 105 cm³/mol. The van der Waals surface area contributed by atoms with Crippen molar-refractivity contribution in [2.75, 3.05) is 11.1 Å². The summed E-state index contributed by atoms with van der Waals surface area (Å²) in [5.41, 5.74) is 3.13. The molecule has 0 spiro atoms. The van der Waals surface area contributed by atoms with Gasteiger partial charge in [0.15, 0.2) is 0 Å². The molecule has 1 N–H and O–H groups in total. The Morgan fingerprint density at radius 3 is 3.08 bits per heavy atom. The number of hydrogen-bond donors (Lipinski definition) is 1. The van der Waals surface area contributed by atoms with E-state index in [-0.39, 0.29) is 5.91 Å². The van der Waals surface area contributed by atoms with Gasteiger partial charge in [0.25, 0.3) is 0 Å². The van der Waals surface area contributed by atoms with E-state index < -0.39 is 0 Å². The summed E-state index contributed by atoms with van der Waals surface area (Å²) in [7, 11) is 0. The van der Waals surface area contributed by atoms with Crippen molar-refractivity contribution in [2.24, 2.45) is 0 Å². The number of rotatable bonds is 4. The van der Waals surface area contributed by atoms with Crippen LogP contribution in [-0.4, -0.2) is 21.6 Å². The fourth-order valence-electron chi connectivity index (χ4n) is 3.10. The maximum Gasteiger partial charge on any atom is 0.234 e. The van der Waals surface area contributed by atoms with E-state index in [2.05, 4.69) is 15.3 Å². The average Bonchev–Trinajstić information content (AvgIpc) is 3.16. The Kier molecular flexibility index (Phi) is 4.67. The second kappa shape index (κ2) is 6.94. The lowest BCUT2D eigenvalue weighted by Gasteiger charge is -2.09. The normalized spacial score (nSPS) is 13.2. The van der Waals surface area contributed by atoms with Crippen LogP contribution in [-0.2, 0) is 17.6 Å². The summed E-state index contributed by atoms with van der Waals surface area (Å²) in [6.45, 7) is 1.93. The third-order valence-corrected chi connectivity index (χ3v) is 6.69. The van der Waals surface area contributed by atoms with Gasteiger partial charge in [0.1, 0.15) is 16.2 Å². The first kappa shape index (κ1) is 16.8. The van der Waals surface area contributed by atoms with E-state index in [4.69, 9.17) is 11.6 Å². The molecule has 0 aliphatic heterocycles. The molecule has 4 nitrogen and oxygen atoms in total. The molecule has 2 heterocycles. The lowest BCUT2D eigenvalue weighted by Crippen LogP contribution is -2.15. The van der Waals surface area contributed by atoms with Crippen LogP contribution in [0, 0.1) is 6.92 Å². The van der Waals surface area contributed by atoms with E-state index in [1.165, 1.54) is 28.6 Å². The highest BCUT2D eigenvalue weighted by Gasteiger charge is 2.21. The molecule has 25 heavy (non-hydrogen) atoms. The third kappa shape index (κ3) is 3.38. The Balaban J connectivity index is 1.50.